The van der Waals surface area contributed by atoms with Crippen LogP contribution in [0.25, 0.3) is 0 Å². The number of carbonyl (C=O) groups excluding carboxylic acids is 1. The molecule has 8 heteroatoms. The Hall–Kier alpha value is -3.52. The SMILES string of the molecule is COc1ccc(S(=O)(=O)N(CC(=O)Nc2ccc(C(C)C)cc2)c2cc(C)cc(C)c2)cc1OC. The highest BCUT2D eigenvalue weighted by atomic mass is 32.2. The average molecular weight is 497 g/mol. The third-order valence-electron chi connectivity index (χ3n) is 5.59. The van der Waals surface area contributed by atoms with Crippen molar-refractivity contribution in [3.63, 3.8) is 0 Å². The van der Waals surface area contributed by atoms with E-state index in [4.69, 9.17) is 9.47 Å². The van der Waals surface area contributed by atoms with Crippen LogP contribution in [0.1, 0.15) is 36.5 Å². The minimum atomic E-state index is -4.11. The second-order valence-electron chi connectivity index (χ2n) is 8.70. The molecule has 0 aromatic heterocycles. The predicted molar refractivity (Wildman–Crippen MR) is 139 cm³/mol. The van der Waals surface area contributed by atoms with Crippen molar-refractivity contribution in [3.05, 3.63) is 77.4 Å². The first-order valence-corrected chi connectivity index (χ1v) is 12.7. The summed E-state index contributed by atoms with van der Waals surface area (Å²) in [6.07, 6.45) is 0. The molecule has 0 fully saturated rings. The molecule has 0 saturated carbocycles. The number of amides is 1. The molecule has 0 saturated heterocycles. The van der Waals surface area contributed by atoms with Crippen LogP contribution in [0.15, 0.2) is 65.6 Å². The van der Waals surface area contributed by atoms with Gasteiger partial charge in [0.2, 0.25) is 5.91 Å². The Morgan fingerprint density at radius 1 is 0.886 bits per heavy atom. The summed E-state index contributed by atoms with van der Waals surface area (Å²) in [5, 5.41) is 2.81. The van der Waals surface area contributed by atoms with Crippen LogP contribution in [0.4, 0.5) is 11.4 Å². The summed E-state index contributed by atoms with van der Waals surface area (Å²) in [7, 11) is -1.20. The van der Waals surface area contributed by atoms with Crippen molar-refractivity contribution in [1.82, 2.24) is 0 Å². The van der Waals surface area contributed by atoms with E-state index in [-0.39, 0.29) is 10.6 Å². The number of hydrogen-bond donors (Lipinski definition) is 1. The predicted octanol–water partition coefficient (Wildman–Crippen LogP) is 5.28. The molecule has 35 heavy (non-hydrogen) atoms. The molecule has 1 amide bonds. The molecule has 0 atom stereocenters. The van der Waals surface area contributed by atoms with Crippen molar-refractivity contribution in [1.29, 1.82) is 0 Å². The van der Waals surface area contributed by atoms with Crippen LogP contribution in [0, 0.1) is 13.8 Å². The lowest BCUT2D eigenvalue weighted by atomic mass is 10.0. The molecule has 0 aliphatic heterocycles. The minimum absolute atomic E-state index is 0.0107. The van der Waals surface area contributed by atoms with E-state index in [9.17, 15) is 13.2 Å². The normalized spacial score (nSPS) is 11.3. The van der Waals surface area contributed by atoms with Gasteiger partial charge in [-0.2, -0.15) is 0 Å². The molecule has 0 heterocycles. The van der Waals surface area contributed by atoms with Crippen LogP contribution in [0.5, 0.6) is 11.5 Å². The first kappa shape index (κ1) is 26.1. The first-order chi connectivity index (χ1) is 16.5. The second kappa shape index (κ2) is 10.8. The standard InChI is InChI=1S/C27H32N2O5S/c1-18(2)21-7-9-22(10-8-21)28-27(30)17-29(23-14-19(3)13-20(4)15-23)35(31,32)24-11-12-25(33-5)26(16-24)34-6/h7-16,18H,17H2,1-6H3,(H,28,30). The number of rotatable bonds is 9. The van der Waals surface area contributed by atoms with Crippen molar-refractivity contribution >= 4 is 27.3 Å². The lowest BCUT2D eigenvalue weighted by Gasteiger charge is -2.25. The molecule has 3 rings (SSSR count). The number of nitrogens with one attached hydrogen (secondary N) is 1. The monoisotopic (exact) mass is 496 g/mol. The third kappa shape index (κ3) is 6.14. The van der Waals surface area contributed by atoms with Crippen molar-refractivity contribution in [2.75, 3.05) is 30.4 Å². The molecule has 0 spiro atoms. The van der Waals surface area contributed by atoms with Crippen LogP contribution in [-0.4, -0.2) is 35.1 Å². The van der Waals surface area contributed by atoms with Gasteiger partial charge in [-0.15, -0.1) is 0 Å². The third-order valence-corrected chi connectivity index (χ3v) is 7.36. The van der Waals surface area contributed by atoms with Crippen molar-refractivity contribution in [2.45, 2.75) is 38.5 Å². The molecule has 0 aliphatic carbocycles. The number of aryl methyl sites for hydroxylation is 2. The fraction of sp³-hybridized carbons (Fsp3) is 0.296. The van der Waals surface area contributed by atoms with Gasteiger partial charge in [-0.25, -0.2) is 8.42 Å². The summed E-state index contributed by atoms with van der Waals surface area (Å²) >= 11 is 0. The fourth-order valence-corrected chi connectivity index (χ4v) is 5.22. The Bertz CT molecular complexity index is 1280. The molecule has 1 N–H and O–H groups in total. The van der Waals surface area contributed by atoms with Gasteiger partial charge in [0.05, 0.1) is 24.8 Å². The van der Waals surface area contributed by atoms with E-state index in [2.05, 4.69) is 19.2 Å². The van der Waals surface area contributed by atoms with Gasteiger partial charge in [0.15, 0.2) is 11.5 Å². The van der Waals surface area contributed by atoms with E-state index in [1.54, 1.807) is 12.1 Å². The van der Waals surface area contributed by atoms with Crippen LogP contribution in [0.3, 0.4) is 0 Å². The van der Waals surface area contributed by atoms with Crippen LogP contribution >= 0.6 is 0 Å². The van der Waals surface area contributed by atoms with Gasteiger partial charge in [-0.05, 0) is 72.9 Å². The van der Waals surface area contributed by atoms with Crippen molar-refractivity contribution in [3.8, 4) is 11.5 Å². The number of sulfonamides is 1. The Morgan fingerprint density at radius 3 is 2.03 bits per heavy atom. The summed E-state index contributed by atoms with van der Waals surface area (Å²) in [5.41, 5.74) is 3.93. The highest BCUT2D eigenvalue weighted by Gasteiger charge is 2.29. The second-order valence-corrected chi connectivity index (χ2v) is 10.6. The molecule has 3 aromatic rings. The molecule has 7 nitrogen and oxygen atoms in total. The zero-order chi connectivity index (χ0) is 25.8. The largest absolute Gasteiger partial charge is 0.493 e. The Kier molecular flexibility index (Phi) is 8.07. The van der Waals surface area contributed by atoms with E-state index in [1.807, 2.05) is 44.2 Å². The molecule has 0 bridgehead atoms. The Labute approximate surface area is 207 Å². The smallest absolute Gasteiger partial charge is 0.264 e. The molecule has 0 aliphatic rings. The molecular weight excluding hydrogens is 464 g/mol. The average Bonchev–Trinajstić information content (AvgIpc) is 2.81. The highest BCUT2D eigenvalue weighted by molar-refractivity contribution is 7.92. The summed E-state index contributed by atoms with van der Waals surface area (Å²) < 4.78 is 39.2. The van der Waals surface area contributed by atoms with E-state index >= 15 is 0 Å². The maximum atomic E-state index is 13.8. The number of methoxy groups -OCH3 is 2. The van der Waals surface area contributed by atoms with Gasteiger partial charge in [0.25, 0.3) is 10.0 Å². The van der Waals surface area contributed by atoms with E-state index in [0.717, 1.165) is 21.0 Å². The number of nitrogens with zero attached hydrogens (tertiary/aromatic N) is 1. The number of anilines is 2. The van der Waals surface area contributed by atoms with Gasteiger partial charge < -0.3 is 14.8 Å². The van der Waals surface area contributed by atoms with Crippen LogP contribution in [0.2, 0.25) is 0 Å². The molecule has 0 unspecified atom stereocenters. The topological polar surface area (TPSA) is 84.9 Å². The van der Waals surface area contributed by atoms with Gasteiger partial charge in [0.1, 0.15) is 6.54 Å². The maximum absolute atomic E-state index is 13.8. The summed E-state index contributed by atoms with van der Waals surface area (Å²) in [6, 6.07) is 17.3. The van der Waals surface area contributed by atoms with Crippen molar-refractivity contribution in [2.24, 2.45) is 0 Å². The quantitative estimate of drug-likeness (QED) is 0.436. The molecule has 186 valence electrons. The molecule has 3 aromatic carbocycles. The molecular formula is C27H32N2O5S. The van der Waals surface area contributed by atoms with Crippen LogP contribution in [-0.2, 0) is 14.8 Å². The first-order valence-electron chi connectivity index (χ1n) is 11.3. The Morgan fingerprint density at radius 2 is 1.49 bits per heavy atom. The molecule has 0 radical (unpaired) electrons. The fourth-order valence-electron chi connectivity index (χ4n) is 3.80. The minimum Gasteiger partial charge on any atom is -0.493 e. The summed E-state index contributed by atoms with van der Waals surface area (Å²) in [4.78, 5) is 13.0. The Balaban J connectivity index is 1.98. The maximum Gasteiger partial charge on any atom is 0.264 e. The van der Waals surface area contributed by atoms with Gasteiger partial charge in [-0.1, -0.05) is 32.0 Å². The van der Waals surface area contributed by atoms with Crippen LogP contribution < -0.4 is 19.1 Å². The summed E-state index contributed by atoms with van der Waals surface area (Å²) in [5.74, 6) is 0.604. The number of benzene rings is 3. The zero-order valence-corrected chi connectivity index (χ0v) is 21.8. The van der Waals surface area contributed by atoms with Gasteiger partial charge in [0, 0.05) is 11.8 Å². The number of ether oxygens (including phenoxy) is 2. The van der Waals surface area contributed by atoms with E-state index in [0.29, 0.717) is 23.0 Å². The summed E-state index contributed by atoms with van der Waals surface area (Å²) in [6.45, 7) is 7.55. The van der Waals surface area contributed by atoms with E-state index in [1.165, 1.54) is 32.4 Å². The van der Waals surface area contributed by atoms with Crippen molar-refractivity contribution < 1.29 is 22.7 Å². The van der Waals surface area contributed by atoms with E-state index < -0.39 is 22.5 Å². The number of carbonyl (C=O) groups is 1. The van der Waals surface area contributed by atoms with Gasteiger partial charge in [-0.3, -0.25) is 9.10 Å². The highest BCUT2D eigenvalue weighted by Crippen LogP contribution is 2.32. The lowest BCUT2D eigenvalue weighted by Crippen LogP contribution is -2.38. The number of hydrogen-bond acceptors (Lipinski definition) is 5. The van der Waals surface area contributed by atoms with Gasteiger partial charge >= 0.3 is 0 Å². The lowest BCUT2D eigenvalue weighted by molar-refractivity contribution is -0.114. The zero-order valence-electron chi connectivity index (χ0n) is 21.0.